The molecular weight excluding hydrogens is 278 g/mol. The maximum atomic E-state index is 12.2. The molecule has 1 aromatic carbocycles. The lowest BCUT2D eigenvalue weighted by Gasteiger charge is -2.09. The first-order valence-corrected chi connectivity index (χ1v) is 7.13. The van der Waals surface area contributed by atoms with Gasteiger partial charge in [0, 0.05) is 35.1 Å². The smallest absolute Gasteiger partial charge is 0.257 e. The van der Waals surface area contributed by atoms with Gasteiger partial charge in [-0.25, -0.2) is 4.98 Å². The van der Waals surface area contributed by atoms with E-state index in [0.29, 0.717) is 11.4 Å². The second-order valence-corrected chi connectivity index (χ2v) is 5.29. The first-order chi connectivity index (χ1) is 10.6. The second kappa shape index (κ2) is 5.89. The molecule has 3 rings (SSSR count). The van der Waals surface area contributed by atoms with E-state index < -0.39 is 0 Å². The number of nitrogens with one attached hydrogen (secondary N) is 2. The van der Waals surface area contributed by atoms with Gasteiger partial charge in [0.25, 0.3) is 5.91 Å². The highest BCUT2D eigenvalue weighted by Gasteiger charge is 2.08. The molecule has 0 aliphatic heterocycles. The van der Waals surface area contributed by atoms with Gasteiger partial charge in [-0.1, -0.05) is 0 Å². The normalized spacial score (nSPS) is 10.9. The molecule has 2 aromatic heterocycles. The van der Waals surface area contributed by atoms with Crippen molar-refractivity contribution >= 4 is 22.5 Å². The van der Waals surface area contributed by atoms with Crippen LogP contribution in [0.3, 0.4) is 0 Å². The van der Waals surface area contributed by atoms with E-state index >= 15 is 0 Å². The maximum absolute atomic E-state index is 12.2. The molecule has 0 radical (unpaired) electrons. The van der Waals surface area contributed by atoms with Crippen LogP contribution >= 0.6 is 0 Å². The molecule has 0 aliphatic rings. The molecule has 2 N–H and O–H groups in total. The van der Waals surface area contributed by atoms with Crippen molar-refractivity contribution in [3.05, 3.63) is 54.4 Å². The molecule has 0 aliphatic carbocycles. The van der Waals surface area contributed by atoms with E-state index in [0.717, 1.165) is 16.6 Å². The van der Waals surface area contributed by atoms with Crippen molar-refractivity contribution in [1.29, 1.82) is 0 Å². The number of rotatable bonds is 4. The van der Waals surface area contributed by atoms with Gasteiger partial charge in [0.2, 0.25) is 5.88 Å². The van der Waals surface area contributed by atoms with E-state index in [2.05, 4.69) is 15.3 Å². The fourth-order valence-corrected chi connectivity index (χ4v) is 2.16. The average molecular weight is 295 g/mol. The molecule has 0 spiro atoms. The van der Waals surface area contributed by atoms with Crippen LogP contribution in [-0.4, -0.2) is 22.0 Å². The molecule has 2 heterocycles. The Morgan fingerprint density at radius 2 is 2.09 bits per heavy atom. The number of nitrogens with zero attached hydrogens (tertiary/aromatic N) is 1. The zero-order valence-corrected chi connectivity index (χ0v) is 12.5. The van der Waals surface area contributed by atoms with Gasteiger partial charge in [0.05, 0.1) is 11.7 Å². The van der Waals surface area contributed by atoms with Crippen molar-refractivity contribution in [2.45, 2.75) is 20.0 Å². The minimum Gasteiger partial charge on any atom is -0.475 e. The Balaban J connectivity index is 1.73. The number of amides is 1. The van der Waals surface area contributed by atoms with Crippen LogP contribution < -0.4 is 10.1 Å². The van der Waals surface area contributed by atoms with Crippen LogP contribution in [0.1, 0.15) is 24.2 Å². The second-order valence-electron chi connectivity index (χ2n) is 5.29. The Morgan fingerprint density at radius 1 is 1.23 bits per heavy atom. The Bertz CT molecular complexity index is 791. The highest BCUT2D eigenvalue weighted by Crippen LogP contribution is 2.18. The first kappa shape index (κ1) is 14.1. The summed E-state index contributed by atoms with van der Waals surface area (Å²) >= 11 is 0. The summed E-state index contributed by atoms with van der Waals surface area (Å²) in [6, 6.07) is 11.1. The van der Waals surface area contributed by atoms with Crippen LogP contribution in [0.25, 0.3) is 10.9 Å². The predicted octanol–water partition coefficient (Wildman–Crippen LogP) is 3.60. The van der Waals surface area contributed by atoms with E-state index in [9.17, 15) is 4.79 Å². The third kappa shape index (κ3) is 3.09. The lowest BCUT2D eigenvalue weighted by atomic mass is 10.2. The van der Waals surface area contributed by atoms with Gasteiger partial charge < -0.3 is 15.0 Å². The summed E-state index contributed by atoms with van der Waals surface area (Å²) in [5.74, 6) is 0.318. The van der Waals surface area contributed by atoms with Crippen LogP contribution in [0.5, 0.6) is 5.88 Å². The third-order valence-electron chi connectivity index (χ3n) is 3.17. The van der Waals surface area contributed by atoms with Crippen molar-refractivity contribution in [2.24, 2.45) is 0 Å². The summed E-state index contributed by atoms with van der Waals surface area (Å²) in [5, 5.41) is 3.92. The van der Waals surface area contributed by atoms with E-state index in [1.165, 1.54) is 6.20 Å². The van der Waals surface area contributed by atoms with E-state index in [4.69, 9.17) is 4.74 Å². The molecular formula is C17H17N3O2. The van der Waals surface area contributed by atoms with E-state index in [1.54, 1.807) is 12.1 Å². The van der Waals surface area contributed by atoms with Crippen molar-refractivity contribution in [2.75, 3.05) is 5.32 Å². The summed E-state index contributed by atoms with van der Waals surface area (Å²) in [5.41, 5.74) is 2.28. The number of pyridine rings is 1. The molecule has 0 saturated heterocycles. The highest BCUT2D eigenvalue weighted by atomic mass is 16.5. The Kier molecular flexibility index (Phi) is 3.78. The summed E-state index contributed by atoms with van der Waals surface area (Å²) in [7, 11) is 0. The first-order valence-electron chi connectivity index (χ1n) is 7.13. The number of carbonyl (C=O) groups is 1. The highest BCUT2D eigenvalue weighted by molar-refractivity contribution is 6.04. The van der Waals surface area contributed by atoms with Crippen LogP contribution in [-0.2, 0) is 0 Å². The zero-order chi connectivity index (χ0) is 15.5. The number of benzene rings is 1. The molecule has 0 bridgehead atoms. The number of ether oxygens (including phenoxy) is 1. The summed E-state index contributed by atoms with van der Waals surface area (Å²) in [4.78, 5) is 19.5. The van der Waals surface area contributed by atoms with Gasteiger partial charge in [-0.3, -0.25) is 4.79 Å². The van der Waals surface area contributed by atoms with Gasteiger partial charge in [-0.05, 0) is 44.2 Å². The molecule has 0 fully saturated rings. The molecule has 0 unspecified atom stereocenters. The Morgan fingerprint density at radius 3 is 2.82 bits per heavy atom. The molecule has 112 valence electrons. The van der Waals surface area contributed by atoms with Crippen molar-refractivity contribution in [3.8, 4) is 5.88 Å². The van der Waals surface area contributed by atoms with E-state index in [1.807, 2.05) is 44.3 Å². The fourth-order valence-electron chi connectivity index (χ4n) is 2.16. The number of aromatic amines is 1. The van der Waals surface area contributed by atoms with Gasteiger partial charge >= 0.3 is 0 Å². The number of H-pyrrole nitrogens is 1. The largest absolute Gasteiger partial charge is 0.475 e. The zero-order valence-electron chi connectivity index (χ0n) is 12.5. The topological polar surface area (TPSA) is 67.0 Å². The molecule has 1 amide bonds. The maximum Gasteiger partial charge on any atom is 0.257 e. The van der Waals surface area contributed by atoms with Crippen LogP contribution in [0.4, 0.5) is 5.69 Å². The summed E-state index contributed by atoms with van der Waals surface area (Å²) in [6.07, 6.45) is 3.44. The van der Waals surface area contributed by atoms with E-state index in [-0.39, 0.29) is 12.0 Å². The third-order valence-corrected chi connectivity index (χ3v) is 3.17. The molecule has 0 saturated carbocycles. The quantitative estimate of drug-likeness (QED) is 0.772. The van der Waals surface area contributed by atoms with Gasteiger partial charge in [-0.15, -0.1) is 0 Å². The number of aromatic nitrogens is 2. The molecule has 22 heavy (non-hydrogen) atoms. The predicted molar refractivity (Wildman–Crippen MR) is 86.3 cm³/mol. The van der Waals surface area contributed by atoms with Crippen LogP contribution in [0, 0.1) is 0 Å². The molecule has 0 atom stereocenters. The van der Waals surface area contributed by atoms with Crippen molar-refractivity contribution < 1.29 is 9.53 Å². The summed E-state index contributed by atoms with van der Waals surface area (Å²) in [6.45, 7) is 3.86. The number of carbonyl (C=O) groups excluding carboxylic acids is 1. The van der Waals surface area contributed by atoms with Gasteiger partial charge in [0.1, 0.15) is 0 Å². The summed E-state index contributed by atoms with van der Waals surface area (Å²) < 4.78 is 5.46. The monoisotopic (exact) mass is 295 g/mol. The number of fused-ring (bicyclic) bond motifs is 1. The SMILES string of the molecule is CC(C)Oc1ccc(C(=O)Nc2ccc3[nH]ccc3c2)cn1. The average Bonchev–Trinajstić information content (AvgIpc) is 2.95. The fraction of sp³-hybridized carbons (Fsp3) is 0.176. The van der Waals surface area contributed by atoms with Gasteiger partial charge in [-0.2, -0.15) is 0 Å². The molecule has 5 nitrogen and oxygen atoms in total. The Hall–Kier alpha value is -2.82. The van der Waals surface area contributed by atoms with Gasteiger partial charge in [0.15, 0.2) is 0 Å². The van der Waals surface area contributed by atoms with Crippen molar-refractivity contribution in [3.63, 3.8) is 0 Å². The number of hydrogen-bond donors (Lipinski definition) is 2. The number of anilines is 1. The lowest BCUT2D eigenvalue weighted by molar-refractivity contribution is 0.102. The van der Waals surface area contributed by atoms with Crippen LogP contribution in [0.2, 0.25) is 0 Å². The lowest BCUT2D eigenvalue weighted by Crippen LogP contribution is -2.13. The minimum absolute atomic E-state index is 0.0558. The van der Waals surface area contributed by atoms with Crippen molar-refractivity contribution in [1.82, 2.24) is 9.97 Å². The van der Waals surface area contributed by atoms with Crippen LogP contribution in [0.15, 0.2) is 48.8 Å². The Labute approximate surface area is 128 Å². The number of hydrogen-bond acceptors (Lipinski definition) is 3. The standard InChI is InChI=1S/C17H17N3O2/c1-11(2)22-16-6-3-13(10-19-16)17(21)20-14-4-5-15-12(9-14)7-8-18-15/h3-11,18H,1-2H3,(H,20,21). The minimum atomic E-state index is -0.196. The molecule has 5 heteroatoms. The molecule has 3 aromatic rings.